The number of fused-ring (bicyclic) bond motifs is 1. The van der Waals surface area contributed by atoms with Crippen LogP contribution in [0, 0.1) is 20.8 Å². The van der Waals surface area contributed by atoms with Crippen LogP contribution in [-0.2, 0) is 9.73 Å². The van der Waals surface area contributed by atoms with Crippen LogP contribution in [0.5, 0.6) is 0 Å². The van der Waals surface area contributed by atoms with Crippen molar-refractivity contribution in [3.63, 3.8) is 0 Å². The van der Waals surface area contributed by atoms with Crippen LogP contribution < -0.4 is 0 Å². The Balaban J connectivity index is 2.45. The first kappa shape index (κ1) is 15.6. The fourth-order valence-electron chi connectivity index (χ4n) is 2.64. The Hall–Kier alpha value is -2.28. The molecule has 0 aliphatic carbocycles. The molecule has 0 fully saturated rings. The zero-order valence-electron chi connectivity index (χ0n) is 13.9. The van der Waals surface area contributed by atoms with E-state index in [-0.39, 0.29) is 0 Å². The molecule has 23 heavy (non-hydrogen) atoms. The molecule has 0 spiro atoms. The van der Waals surface area contributed by atoms with Gasteiger partial charge in [-0.3, -0.25) is 9.38 Å². The zero-order chi connectivity index (χ0) is 16.8. The minimum Gasteiger partial charge on any atom is -0.285 e. The Kier molecular flexibility index (Phi) is 3.68. The highest BCUT2D eigenvalue weighted by molar-refractivity contribution is 7.93. The van der Waals surface area contributed by atoms with Crippen molar-refractivity contribution >= 4 is 15.2 Å². The molecule has 0 aliphatic rings. The molecule has 0 N–H and O–H groups in total. The quantitative estimate of drug-likeness (QED) is 0.725. The fourth-order valence-corrected chi connectivity index (χ4v) is 3.62. The summed E-state index contributed by atoms with van der Waals surface area (Å²) in [5.41, 5.74) is 4.47. The number of hydrogen-bond acceptors (Lipinski definition) is 5. The molecule has 0 aromatic carbocycles. The fraction of sp³-hybridized carbons (Fsp3) is 0.312. The lowest BCUT2D eigenvalue weighted by Gasteiger charge is -2.11. The van der Waals surface area contributed by atoms with E-state index >= 15 is 0 Å². The topological polar surface area (TPSA) is 72.5 Å². The molecule has 0 saturated heterocycles. The highest BCUT2D eigenvalue weighted by atomic mass is 32.2. The van der Waals surface area contributed by atoms with Crippen LogP contribution in [0.4, 0.5) is 0 Å². The van der Waals surface area contributed by atoms with Gasteiger partial charge in [0.1, 0.15) is 12.2 Å². The molecule has 1 unspecified atom stereocenters. The van der Waals surface area contributed by atoms with Crippen LogP contribution in [0.2, 0.25) is 0 Å². The summed E-state index contributed by atoms with van der Waals surface area (Å²) < 4.78 is 18.7. The van der Waals surface area contributed by atoms with Gasteiger partial charge >= 0.3 is 0 Å². The predicted octanol–water partition coefficient (Wildman–Crippen LogP) is 2.80. The molecule has 3 aromatic rings. The van der Waals surface area contributed by atoms with Crippen molar-refractivity contribution in [3.8, 4) is 11.1 Å². The van der Waals surface area contributed by atoms with Crippen LogP contribution in [0.1, 0.15) is 17.2 Å². The van der Waals surface area contributed by atoms with E-state index in [1.54, 1.807) is 25.8 Å². The average molecular weight is 329 g/mol. The number of hydrogen-bond donors (Lipinski definition) is 0. The van der Waals surface area contributed by atoms with Crippen LogP contribution in [-0.4, -0.2) is 36.9 Å². The number of rotatable bonds is 2. The van der Waals surface area contributed by atoms with E-state index in [1.807, 2.05) is 37.3 Å². The Morgan fingerprint density at radius 2 is 1.87 bits per heavy atom. The zero-order valence-corrected chi connectivity index (χ0v) is 14.7. The van der Waals surface area contributed by atoms with Crippen LogP contribution >= 0.6 is 0 Å². The van der Waals surface area contributed by atoms with Gasteiger partial charge in [0.2, 0.25) is 0 Å². The summed E-state index contributed by atoms with van der Waals surface area (Å²) in [5, 5.41) is 0.487. The van der Waals surface area contributed by atoms with E-state index in [0.717, 1.165) is 33.9 Å². The number of imidazole rings is 1. The molecular weight excluding hydrogens is 310 g/mol. The van der Waals surface area contributed by atoms with E-state index in [1.165, 1.54) is 0 Å². The van der Waals surface area contributed by atoms with E-state index in [4.69, 9.17) is 0 Å². The van der Waals surface area contributed by atoms with Crippen LogP contribution in [0.25, 0.3) is 16.6 Å². The Bertz CT molecular complexity index is 1030. The lowest BCUT2D eigenvalue weighted by atomic mass is 10.1. The molecule has 3 rings (SSSR count). The van der Waals surface area contributed by atoms with Crippen molar-refractivity contribution in [1.29, 1.82) is 0 Å². The lowest BCUT2D eigenvalue weighted by Crippen LogP contribution is -2.03. The van der Waals surface area contributed by atoms with E-state index in [2.05, 4.69) is 19.3 Å². The lowest BCUT2D eigenvalue weighted by molar-refractivity contribution is 0.678. The molecule has 0 radical (unpaired) electrons. The maximum atomic E-state index is 12.8. The van der Waals surface area contributed by atoms with Gasteiger partial charge in [0.05, 0.1) is 15.2 Å². The summed E-state index contributed by atoms with van der Waals surface area (Å²) in [6, 6.07) is 3.98. The highest BCUT2D eigenvalue weighted by Gasteiger charge is 2.20. The summed E-state index contributed by atoms with van der Waals surface area (Å²) in [4.78, 5) is 13.3. The minimum absolute atomic E-state index is 0.487. The highest BCUT2D eigenvalue weighted by Crippen LogP contribution is 2.31. The second-order valence-electron chi connectivity index (χ2n) is 5.56. The third kappa shape index (κ3) is 2.50. The second kappa shape index (κ2) is 5.42. The third-order valence-electron chi connectivity index (χ3n) is 3.94. The first-order valence-corrected chi connectivity index (χ1v) is 9.15. The SMILES string of the molecule is CN=S(C)(=O)c1ncn2c(C)ncc(-c3ccc(C)nc3C)c12. The maximum Gasteiger partial charge on any atom is 0.161 e. The number of aryl methyl sites for hydroxylation is 3. The second-order valence-corrected chi connectivity index (χ2v) is 7.92. The molecule has 0 amide bonds. The smallest absolute Gasteiger partial charge is 0.161 e. The van der Waals surface area contributed by atoms with Crippen molar-refractivity contribution in [2.45, 2.75) is 25.8 Å². The summed E-state index contributed by atoms with van der Waals surface area (Å²) in [5.74, 6) is 0.784. The molecule has 0 bridgehead atoms. The first-order chi connectivity index (χ1) is 10.8. The number of aromatic nitrogens is 4. The summed E-state index contributed by atoms with van der Waals surface area (Å²) in [6.07, 6.45) is 5.05. The molecule has 3 heterocycles. The van der Waals surface area contributed by atoms with E-state index in [0.29, 0.717) is 5.03 Å². The van der Waals surface area contributed by atoms with Gasteiger partial charge in [-0.1, -0.05) is 6.07 Å². The molecule has 6 nitrogen and oxygen atoms in total. The van der Waals surface area contributed by atoms with Crippen LogP contribution in [0.3, 0.4) is 0 Å². The summed E-state index contributed by atoms with van der Waals surface area (Å²) >= 11 is 0. The molecule has 7 heteroatoms. The van der Waals surface area contributed by atoms with Gasteiger partial charge in [-0.05, 0) is 26.8 Å². The van der Waals surface area contributed by atoms with Crippen molar-refractivity contribution in [2.75, 3.05) is 13.3 Å². The molecule has 1 atom stereocenters. The molecule has 3 aromatic heterocycles. The maximum absolute atomic E-state index is 12.8. The van der Waals surface area contributed by atoms with Gasteiger partial charge in [-0.15, -0.1) is 0 Å². The van der Waals surface area contributed by atoms with Gasteiger partial charge in [0.25, 0.3) is 0 Å². The van der Waals surface area contributed by atoms with Gasteiger partial charge in [0, 0.05) is 42.0 Å². The largest absolute Gasteiger partial charge is 0.285 e. The summed E-state index contributed by atoms with van der Waals surface area (Å²) in [6.45, 7) is 5.81. The molecule has 0 saturated carbocycles. The standard InChI is InChI=1S/C16H19N5OS/c1-10-6-7-13(11(2)20-10)14-8-18-12(3)21-9-19-16(15(14)21)23(5,22)17-4/h6-9H,1-5H3. The van der Waals surface area contributed by atoms with E-state index < -0.39 is 9.73 Å². The van der Waals surface area contributed by atoms with Crippen molar-refractivity contribution < 1.29 is 4.21 Å². The Morgan fingerprint density at radius 1 is 1.13 bits per heavy atom. The predicted molar refractivity (Wildman–Crippen MR) is 91.1 cm³/mol. The number of nitrogens with zero attached hydrogens (tertiary/aromatic N) is 5. The Morgan fingerprint density at radius 3 is 2.52 bits per heavy atom. The van der Waals surface area contributed by atoms with Crippen molar-refractivity contribution in [1.82, 2.24) is 19.4 Å². The minimum atomic E-state index is -2.55. The van der Waals surface area contributed by atoms with Gasteiger partial charge < -0.3 is 0 Å². The van der Waals surface area contributed by atoms with E-state index in [9.17, 15) is 4.21 Å². The molecular formula is C16H19N5OS. The first-order valence-electron chi connectivity index (χ1n) is 7.22. The van der Waals surface area contributed by atoms with Gasteiger partial charge in [-0.2, -0.15) is 0 Å². The normalized spacial score (nSPS) is 14.0. The average Bonchev–Trinajstić information content (AvgIpc) is 2.95. The number of pyridine rings is 1. The summed E-state index contributed by atoms with van der Waals surface area (Å²) in [7, 11) is -0.999. The van der Waals surface area contributed by atoms with Crippen LogP contribution in [0.15, 0.2) is 34.0 Å². The van der Waals surface area contributed by atoms with Gasteiger partial charge in [-0.25, -0.2) is 18.5 Å². The van der Waals surface area contributed by atoms with Crippen molar-refractivity contribution in [2.24, 2.45) is 4.36 Å². The molecule has 0 aliphatic heterocycles. The molecule has 120 valence electrons. The monoisotopic (exact) mass is 329 g/mol. The van der Waals surface area contributed by atoms with Gasteiger partial charge in [0.15, 0.2) is 5.03 Å². The Labute approximate surface area is 135 Å². The van der Waals surface area contributed by atoms with Crippen molar-refractivity contribution in [3.05, 3.63) is 41.9 Å². The third-order valence-corrected chi connectivity index (χ3v) is 5.65.